The maximum Gasteiger partial charge on any atom is 0.319 e. The molecule has 20 heavy (non-hydrogen) atoms. The molecule has 0 aliphatic rings. The lowest BCUT2D eigenvalue weighted by Crippen LogP contribution is -2.37. The predicted molar refractivity (Wildman–Crippen MR) is 74.6 cm³/mol. The van der Waals surface area contributed by atoms with Gasteiger partial charge in [-0.3, -0.25) is 14.9 Å². The van der Waals surface area contributed by atoms with Crippen LogP contribution in [-0.2, 0) is 4.79 Å². The molecule has 0 unspecified atom stereocenters. The van der Waals surface area contributed by atoms with Crippen molar-refractivity contribution in [2.75, 3.05) is 11.9 Å². The van der Waals surface area contributed by atoms with E-state index < -0.39 is 16.4 Å². The molecule has 0 fully saturated rings. The molecule has 0 aliphatic carbocycles. The zero-order valence-electron chi connectivity index (χ0n) is 11.6. The molecule has 0 atom stereocenters. The van der Waals surface area contributed by atoms with E-state index in [9.17, 15) is 19.7 Å². The van der Waals surface area contributed by atoms with Gasteiger partial charge in [-0.15, -0.1) is 0 Å². The molecule has 1 aromatic carbocycles. The number of nitrogens with one attached hydrogen (secondary N) is 2. The van der Waals surface area contributed by atoms with Crippen molar-refractivity contribution in [1.82, 2.24) is 5.32 Å². The Labute approximate surface area is 116 Å². The van der Waals surface area contributed by atoms with E-state index in [2.05, 4.69) is 10.6 Å². The molecule has 0 radical (unpaired) electrons. The van der Waals surface area contributed by atoms with Gasteiger partial charge in [0.05, 0.1) is 11.5 Å². The minimum absolute atomic E-state index is 0.0566. The largest absolute Gasteiger partial charge is 0.331 e. The van der Waals surface area contributed by atoms with Crippen LogP contribution < -0.4 is 10.6 Å². The summed E-state index contributed by atoms with van der Waals surface area (Å²) >= 11 is 0. The first-order valence-electron chi connectivity index (χ1n) is 6.03. The minimum atomic E-state index is -0.531. The van der Waals surface area contributed by atoms with Crippen molar-refractivity contribution in [3.63, 3.8) is 0 Å². The van der Waals surface area contributed by atoms with Gasteiger partial charge in [0.1, 0.15) is 0 Å². The van der Waals surface area contributed by atoms with Crippen molar-refractivity contribution in [3.05, 3.63) is 34.4 Å². The highest BCUT2D eigenvalue weighted by Gasteiger charge is 2.21. The second-order valence-electron chi connectivity index (χ2n) is 5.28. The Morgan fingerprint density at radius 1 is 1.20 bits per heavy atom. The fraction of sp³-hybridized carbons (Fsp3) is 0.385. The molecular weight excluding hydrogens is 262 g/mol. The minimum Gasteiger partial charge on any atom is -0.331 e. The Balaban J connectivity index is 2.51. The number of nitro benzene ring substituents is 1. The molecule has 7 heteroatoms. The van der Waals surface area contributed by atoms with Crippen molar-refractivity contribution in [1.29, 1.82) is 0 Å². The van der Waals surface area contributed by atoms with Crippen LogP contribution in [0.5, 0.6) is 0 Å². The third-order valence-electron chi connectivity index (χ3n) is 2.58. The van der Waals surface area contributed by atoms with Crippen LogP contribution in [0.25, 0.3) is 0 Å². The van der Waals surface area contributed by atoms with E-state index in [0.29, 0.717) is 5.69 Å². The van der Waals surface area contributed by atoms with Crippen LogP contribution in [0.15, 0.2) is 24.3 Å². The Morgan fingerprint density at radius 3 is 2.20 bits per heavy atom. The van der Waals surface area contributed by atoms with Crippen molar-refractivity contribution in [2.24, 2.45) is 5.41 Å². The van der Waals surface area contributed by atoms with E-state index >= 15 is 0 Å². The highest BCUT2D eigenvalue weighted by Crippen LogP contribution is 2.15. The van der Waals surface area contributed by atoms with E-state index in [4.69, 9.17) is 0 Å². The first kappa shape index (κ1) is 15.6. The summed E-state index contributed by atoms with van der Waals surface area (Å²) in [5.74, 6) is -0.0867. The van der Waals surface area contributed by atoms with Gasteiger partial charge in [-0.1, -0.05) is 20.8 Å². The van der Waals surface area contributed by atoms with Crippen LogP contribution in [0.3, 0.4) is 0 Å². The number of rotatable bonds is 4. The molecule has 0 spiro atoms. The molecule has 7 nitrogen and oxygen atoms in total. The molecule has 0 aromatic heterocycles. The second kappa shape index (κ2) is 6.14. The number of benzene rings is 1. The average Bonchev–Trinajstić information content (AvgIpc) is 2.35. The molecule has 1 aromatic rings. The van der Waals surface area contributed by atoms with Crippen molar-refractivity contribution in [2.45, 2.75) is 20.8 Å². The number of hydrogen-bond acceptors (Lipinski definition) is 4. The van der Waals surface area contributed by atoms with Crippen LogP contribution in [0, 0.1) is 15.5 Å². The van der Waals surface area contributed by atoms with Gasteiger partial charge in [0.15, 0.2) is 5.78 Å². The summed E-state index contributed by atoms with van der Waals surface area (Å²) in [6.07, 6.45) is 0. The van der Waals surface area contributed by atoms with Crippen LogP contribution in [-0.4, -0.2) is 23.3 Å². The van der Waals surface area contributed by atoms with Crippen LogP contribution >= 0.6 is 0 Å². The Bertz CT molecular complexity index is 517. The van der Waals surface area contributed by atoms with Gasteiger partial charge in [-0.05, 0) is 12.1 Å². The van der Waals surface area contributed by atoms with Crippen LogP contribution in [0.1, 0.15) is 20.8 Å². The number of anilines is 1. The van der Waals surface area contributed by atoms with Crippen molar-refractivity contribution >= 4 is 23.2 Å². The SMILES string of the molecule is CC(C)(C)C(=O)CNC(=O)Nc1ccc([N+](=O)[O-])cc1. The van der Waals surface area contributed by atoms with Gasteiger partial charge < -0.3 is 10.6 Å². The molecule has 108 valence electrons. The molecule has 0 saturated carbocycles. The summed E-state index contributed by atoms with van der Waals surface area (Å²) in [4.78, 5) is 33.1. The highest BCUT2D eigenvalue weighted by atomic mass is 16.6. The van der Waals surface area contributed by atoms with Gasteiger partial charge in [0.2, 0.25) is 0 Å². The number of nitro groups is 1. The maximum absolute atomic E-state index is 11.6. The maximum atomic E-state index is 11.6. The van der Waals surface area contributed by atoms with Gasteiger partial charge in [0, 0.05) is 23.2 Å². The normalized spacial score (nSPS) is 10.8. The lowest BCUT2D eigenvalue weighted by atomic mass is 9.91. The summed E-state index contributed by atoms with van der Waals surface area (Å²) in [7, 11) is 0. The summed E-state index contributed by atoms with van der Waals surface area (Å²) in [5, 5.41) is 15.4. The average molecular weight is 279 g/mol. The third-order valence-corrected chi connectivity index (χ3v) is 2.58. The van der Waals surface area contributed by atoms with E-state index in [-0.39, 0.29) is 18.0 Å². The van der Waals surface area contributed by atoms with Crippen molar-refractivity contribution < 1.29 is 14.5 Å². The highest BCUT2D eigenvalue weighted by molar-refractivity contribution is 5.94. The van der Waals surface area contributed by atoms with Crippen LogP contribution in [0.4, 0.5) is 16.2 Å². The monoisotopic (exact) mass is 279 g/mol. The smallest absolute Gasteiger partial charge is 0.319 e. The lowest BCUT2D eigenvalue weighted by Gasteiger charge is -2.16. The van der Waals surface area contributed by atoms with E-state index in [1.807, 2.05) is 0 Å². The predicted octanol–water partition coefficient (Wildman–Crippen LogP) is 2.33. The molecule has 2 N–H and O–H groups in total. The summed E-state index contributed by atoms with van der Waals surface area (Å²) < 4.78 is 0. The number of hydrogen-bond donors (Lipinski definition) is 2. The topological polar surface area (TPSA) is 101 Å². The van der Waals surface area contributed by atoms with Gasteiger partial charge in [0.25, 0.3) is 5.69 Å². The Kier molecular flexibility index (Phi) is 4.79. The van der Waals surface area contributed by atoms with Crippen LogP contribution in [0.2, 0.25) is 0 Å². The quantitative estimate of drug-likeness (QED) is 0.652. The first-order valence-corrected chi connectivity index (χ1v) is 6.03. The first-order chi connectivity index (χ1) is 9.20. The standard InChI is InChI=1S/C13H17N3O4/c1-13(2,3)11(17)8-14-12(18)15-9-4-6-10(7-5-9)16(19)20/h4-7H,8H2,1-3H3,(H2,14,15,18). The fourth-order valence-corrected chi connectivity index (χ4v) is 1.27. The molecule has 0 aliphatic heterocycles. The van der Waals surface area contributed by atoms with Gasteiger partial charge in [-0.25, -0.2) is 4.79 Å². The third kappa shape index (κ3) is 4.68. The number of urea groups is 1. The lowest BCUT2D eigenvalue weighted by molar-refractivity contribution is -0.384. The van der Waals surface area contributed by atoms with E-state index in [0.717, 1.165) is 0 Å². The van der Waals surface area contributed by atoms with Crippen molar-refractivity contribution in [3.8, 4) is 0 Å². The summed E-state index contributed by atoms with van der Waals surface area (Å²) in [5.41, 5.74) is -0.157. The molecule has 0 heterocycles. The number of nitrogens with zero attached hydrogens (tertiary/aromatic N) is 1. The Hall–Kier alpha value is -2.44. The number of ketones is 1. The Morgan fingerprint density at radius 2 is 1.75 bits per heavy atom. The zero-order valence-corrected chi connectivity index (χ0v) is 11.6. The molecule has 1 rings (SSSR count). The zero-order chi connectivity index (χ0) is 15.3. The van der Waals surface area contributed by atoms with E-state index in [1.165, 1.54) is 24.3 Å². The summed E-state index contributed by atoms with van der Waals surface area (Å²) in [6, 6.07) is 4.88. The van der Waals surface area contributed by atoms with Gasteiger partial charge in [-0.2, -0.15) is 0 Å². The molecule has 0 saturated heterocycles. The number of non-ortho nitro benzene ring substituents is 1. The second-order valence-corrected chi connectivity index (χ2v) is 5.28. The number of carbonyl (C=O) groups is 2. The number of carbonyl (C=O) groups excluding carboxylic acids is 2. The molecule has 0 bridgehead atoms. The summed E-state index contributed by atoms with van der Waals surface area (Å²) in [6.45, 7) is 5.24. The fourth-order valence-electron chi connectivity index (χ4n) is 1.27. The number of Topliss-reactive ketones (excluding diaryl/α,β-unsaturated/α-hetero) is 1. The van der Waals surface area contributed by atoms with Gasteiger partial charge >= 0.3 is 6.03 Å². The molecular formula is C13H17N3O4. The molecule has 2 amide bonds. The number of amides is 2. The van der Waals surface area contributed by atoms with E-state index in [1.54, 1.807) is 20.8 Å².